The molecule has 0 atom stereocenters. The third-order valence-electron chi connectivity index (χ3n) is 5.27. The first kappa shape index (κ1) is 14.0. The van der Waals surface area contributed by atoms with Gasteiger partial charge in [0.2, 0.25) is 0 Å². The third kappa shape index (κ3) is 2.37. The number of nitrogens with zero attached hydrogens (tertiary/aromatic N) is 2. The van der Waals surface area contributed by atoms with Gasteiger partial charge in [0.1, 0.15) is 11.5 Å². The summed E-state index contributed by atoms with van der Waals surface area (Å²) in [7, 11) is 0. The lowest BCUT2D eigenvalue weighted by Crippen LogP contribution is -2.14. The number of hydrogen-bond acceptors (Lipinski definition) is 1. The molecule has 2 nitrogen and oxygen atoms in total. The fourth-order valence-corrected chi connectivity index (χ4v) is 4.18. The molecule has 0 N–H and O–H groups in total. The SMILES string of the molecule is Fc1ccccc1-n1nc2c(c1C1CCCCC1)CCCC2. The molecule has 4 rings (SSSR count). The van der Waals surface area contributed by atoms with Crippen molar-refractivity contribution in [3.63, 3.8) is 0 Å². The molecule has 3 heteroatoms. The molecule has 1 fully saturated rings. The van der Waals surface area contributed by atoms with Gasteiger partial charge in [-0.15, -0.1) is 0 Å². The molecule has 0 spiro atoms. The van der Waals surface area contributed by atoms with Crippen LogP contribution in [0.25, 0.3) is 5.69 Å². The van der Waals surface area contributed by atoms with Gasteiger partial charge in [-0.1, -0.05) is 31.4 Å². The van der Waals surface area contributed by atoms with Gasteiger partial charge in [0.25, 0.3) is 0 Å². The molecule has 1 heterocycles. The smallest absolute Gasteiger partial charge is 0.148 e. The van der Waals surface area contributed by atoms with E-state index in [2.05, 4.69) is 0 Å². The van der Waals surface area contributed by atoms with Gasteiger partial charge in [-0.3, -0.25) is 0 Å². The number of aryl methyl sites for hydroxylation is 1. The van der Waals surface area contributed by atoms with Crippen LogP contribution < -0.4 is 0 Å². The van der Waals surface area contributed by atoms with Crippen molar-refractivity contribution in [3.8, 4) is 5.69 Å². The average Bonchev–Trinajstić information content (AvgIpc) is 2.95. The Hall–Kier alpha value is -1.64. The summed E-state index contributed by atoms with van der Waals surface area (Å²) in [5, 5.41) is 4.83. The summed E-state index contributed by atoms with van der Waals surface area (Å²) < 4.78 is 16.3. The van der Waals surface area contributed by atoms with Crippen LogP contribution in [0.15, 0.2) is 24.3 Å². The topological polar surface area (TPSA) is 17.8 Å². The first-order chi connectivity index (χ1) is 10.8. The van der Waals surface area contributed by atoms with Crippen LogP contribution in [0.5, 0.6) is 0 Å². The van der Waals surface area contributed by atoms with E-state index < -0.39 is 0 Å². The second-order valence-corrected chi connectivity index (χ2v) is 6.72. The van der Waals surface area contributed by atoms with Crippen LogP contribution in [0, 0.1) is 5.82 Å². The lowest BCUT2D eigenvalue weighted by atomic mass is 9.83. The minimum absolute atomic E-state index is 0.167. The van der Waals surface area contributed by atoms with Crippen molar-refractivity contribution in [2.75, 3.05) is 0 Å². The van der Waals surface area contributed by atoms with Crippen LogP contribution in [-0.2, 0) is 12.8 Å². The summed E-state index contributed by atoms with van der Waals surface area (Å²) >= 11 is 0. The Bertz CT molecular complexity index is 668. The van der Waals surface area contributed by atoms with Crippen molar-refractivity contribution >= 4 is 0 Å². The van der Waals surface area contributed by atoms with Crippen molar-refractivity contribution in [3.05, 3.63) is 47.0 Å². The van der Waals surface area contributed by atoms with Crippen molar-refractivity contribution in [1.82, 2.24) is 9.78 Å². The minimum atomic E-state index is -0.167. The van der Waals surface area contributed by atoms with Gasteiger partial charge in [0.05, 0.1) is 11.4 Å². The summed E-state index contributed by atoms with van der Waals surface area (Å²) in [6.07, 6.45) is 11.0. The molecule has 0 amide bonds. The summed E-state index contributed by atoms with van der Waals surface area (Å²) in [5.41, 5.74) is 4.59. The van der Waals surface area contributed by atoms with Crippen LogP contribution in [0.1, 0.15) is 67.8 Å². The summed E-state index contributed by atoms with van der Waals surface area (Å²) in [6.45, 7) is 0. The Morgan fingerprint density at radius 1 is 0.955 bits per heavy atom. The fraction of sp³-hybridized carbons (Fsp3) is 0.526. The minimum Gasteiger partial charge on any atom is -0.234 e. The van der Waals surface area contributed by atoms with Crippen molar-refractivity contribution in [2.45, 2.75) is 63.7 Å². The average molecular weight is 298 g/mol. The van der Waals surface area contributed by atoms with E-state index in [4.69, 9.17) is 5.10 Å². The maximum Gasteiger partial charge on any atom is 0.148 e. The highest BCUT2D eigenvalue weighted by Gasteiger charge is 2.28. The largest absolute Gasteiger partial charge is 0.234 e. The standard InChI is InChI=1S/C19H23FN2/c20-16-11-5-7-13-18(16)22-19(14-8-2-1-3-9-14)15-10-4-6-12-17(15)21-22/h5,7,11,13-14H,1-4,6,8-10,12H2. The number of benzene rings is 1. The van der Waals surface area contributed by atoms with Crippen molar-refractivity contribution in [2.24, 2.45) is 0 Å². The molecule has 0 bridgehead atoms. The molecule has 0 radical (unpaired) electrons. The zero-order valence-electron chi connectivity index (χ0n) is 13.0. The highest BCUT2D eigenvalue weighted by molar-refractivity contribution is 5.41. The van der Waals surface area contributed by atoms with E-state index in [0.717, 1.165) is 12.8 Å². The molecule has 2 aliphatic carbocycles. The monoisotopic (exact) mass is 298 g/mol. The van der Waals surface area contributed by atoms with Crippen molar-refractivity contribution in [1.29, 1.82) is 0 Å². The lowest BCUT2D eigenvalue weighted by molar-refractivity contribution is 0.426. The van der Waals surface area contributed by atoms with Gasteiger partial charge in [0, 0.05) is 5.92 Å². The third-order valence-corrected chi connectivity index (χ3v) is 5.27. The van der Waals surface area contributed by atoms with E-state index in [0.29, 0.717) is 11.6 Å². The molecule has 1 aromatic heterocycles. The van der Waals surface area contributed by atoms with Gasteiger partial charge >= 0.3 is 0 Å². The maximum absolute atomic E-state index is 14.3. The Kier molecular flexibility index (Phi) is 3.73. The molecule has 0 saturated heterocycles. The Balaban J connectivity index is 1.86. The second-order valence-electron chi connectivity index (χ2n) is 6.72. The van der Waals surface area contributed by atoms with Crippen LogP contribution in [0.2, 0.25) is 0 Å². The van der Waals surface area contributed by atoms with Gasteiger partial charge in [0.15, 0.2) is 0 Å². The zero-order chi connectivity index (χ0) is 14.9. The van der Waals surface area contributed by atoms with Crippen molar-refractivity contribution < 1.29 is 4.39 Å². The Morgan fingerprint density at radius 2 is 1.73 bits per heavy atom. The molecule has 0 aliphatic heterocycles. The molecule has 2 aliphatic rings. The van der Waals surface area contributed by atoms with Gasteiger partial charge in [-0.05, 0) is 56.2 Å². The van der Waals surface area contributed by atoms with Crippen LogP contribution in [0.4, 0.5) is 4.39 Å². The molecule has 1 saturated carbocycles. The molecule has 22 heavy (non-hydrogen) atoms. The fourth-order valence-electron chi connectivity index (χ4n) is 4.18. The second kappa shape index (κ2) is 5.86. The van der Waals surface area contributed by atoms with E-state index in [1.165, 1.54) is 61.9 Å². The Morgan fingerprint density at radius 3 is 2.55 bits per heavy atom. The van der Waals surface area contributed by atoms with E-state index in [-0.39, 0.29) is 5.82 Å². The van der Waals surface area contributed by atoms with Crippen LogP contribution in [0.3, 0.4) is 0 Å². The summed E-state index contributed by atoms with van der Waals surface area (Å²) in [5.74, 6) is 0.391. The van der Waals surface area contributed by atoms with E-state index >= 15 is 0 Å². The molecule has 2 aromatic rings. The van der Waals surface area contributed by atoms with Gasteiger partial charge in [-0.2, -0.15) is 5.10 Å². The number of para-hydroxylation sites is 1. The highest BCUT2D eigenvalue weighted by atomic mass is 19.1. The van der Waals surface area contributed by atoms with Gasteiger partial charge < -0.3 is 0 Å². The number of halogens is 1. The normalized spacial score (nSPS) is 19.1. The quantitative estimate of drug-likeness (QED) is 0.768. The first-order valence-corrected chi connectivity index (χ1v) is 8.70. The predicted octanol–water partition coefficient (Wildman–Crippen LogP) is 4.94. The predicted molar refractivity (Wildman–Crippen MR) is 86.0 cm³/mol. The Labute approximate surface area is 131 Å². The summed E-state index contributed by atoms with van der Waals surface area (Å²) in [6, 6.07) is 7.06. The number of aromatic nitrogens is 2. The van der Waals surface area contributed by atoms with Crippen LogP contribution >= 0.6 is 0 Å². The number of rotatable bonds is 2. The molecular weight excluding hydrogens is 275 g/mol. The maximum atomic E-state index is 14.3. The lowest BCUT2D eigenvalue weighted by Gasteiger charge is -2.25. The van der Waals surface area contributed by atoms with E-state index in [1.54, 1.807) is 12.1 Å². The summed E-state index contributed by atoms with van der Waals surface area (Å²) in [4.78, 5) is 0. The van der Waals surface area contributed by atoms with Crippen LogP contribution in [-0.4, -0.2) is 9.78 Å². The number of fused-ring (bicyclic) bond motifs is 1. The van der Waals surface area contributed by atoms with E-state index in [1.807, 2.05) is 16.8 Å². The zero-order valence-corrected chi connectivity index (χ0v) is 13.0. The molecule has 0 unspecified atom stereocenters. The highest BCUT2D eigenvalue weighted by Crippen LogP contribution is 2.39. The molecule has 1 aromatic carbocycles. The van der Waals surface area contributed by atoms with E-state index in [9.17, 15) is 4.39 Å². The number of hydrogen-bond donors (Lipinski definition) is 0. The van der Waals surface area contributed by atoms with Gasteiger partial charge in [-0.25, -0.2) is 9.07 Å². The first-order valence-electron chi connectivity index (χ1n) is 8.70. The molecular formula is C19H23FN2. The molecule has 116 valence electrons.